The summed E-state index contributed by atoms with van der Waals surface area (Å²) in [5.74, 6) is 0.389. The molecule has 0 radical (unpaired) electrons. The van der Waals surface area contributed by atoms with Crippen LogP contribution in [0.3, 0.4) is 0 Å². The highest BCUT2D eigenvalue weighted by Gasteiger charge is 2.13. The van der Waals surface area contributed by atoms with Gasteiger partial charge in [0, 0.05) is 5.56 Å². The van der Waals surface area contributed by atoms with E-state index < -0.39 is 0 Å². The van der Waals surface area contributed by atoms with Gasteiger partial charge >= 0.3 is 0 Å². The number of benzene rings is 2. The summed E-state index contributed by atoms with van der Waals surface area (Å²) >= 11 is 12.1. The zero-order valence-electron chi connectivity index (χ0n) is 13.7. The van der Waals surface area contributed by atoms with Crippen molar-refractivity contribution in [1.82, 2.24) is 9.97 Å². The van der Waals surface area contributed by atoms with Gasteiger partial charge in [-0.25, -0.2) is 4.98 Å². The fourth-order valence-electron chi connectivity index (χ4n) is 2.46. The molecule has 0 aliphatic carbocycles. The Bertz CT molecular complexity index is 983. The minimum absolute atomic E-state index is 0.109. The number of hydrogen-bond acceptors (Lipinski definition) is 4. The Hall–Kier alpha value is -2.82. The molecule has 0 bridgehead atoms. The topological polar surface area (TPSA) is 77.8 Å². The number of hydrogen-bond donors (Lipinski definition) is 2. The van der Waals surface area contributed by atoms with Crippen LogP contribution in [0.5, 0.6) is 0 Å². The first kappa shape index (κ1) is 18.0. The molecule has 4 nitrogen and oxygen atoms in total. The second-order valence-electron chi connectivity index (χ2n) is 5.49. The lowest BCUT2D eigenvalue weighted by Gasteiger charge is -2.10. The van der Waals surface area contributed by atoms with Crippen LogP contribution in [0, 0.1) is 0 Å². The maximum Gasteiger partial charge on any atom is 0.222 e. The predicted molar refractivity (Wildman–Crippen MR) is 111 cm³/mol. The monoisotopic (exact) mass is 382 g/mol. The van der Waals surface area contributed by atoms with Gasteiger partial charge in [0.2, 0.25) is 5.95 Å². The van der Waals surface area contributed by atoms with Crippen molar-refractivity contribution >= 4 is 47.1 Å². The van der Waals surface area contributed by atoms with Crippen molar-refractivity contribution in [3.8, 4) is 11.1 Å². The number of halogens is 2. The average molecular weight is 383 g/mol. The molecule has 0 spiro atoms. The van der Waals surface area contributed by atoms with Crippen LogP contribution in [0.25, 0.3) is 23.3 Å². The van der Waals surface area contributed by atoms with Crippen molar-refractivity contribution in [3.05, 3.63) is 82.0 Å². The third-order valence-electron chi connectivity index (χ3n) is 3.64. The van der Waals surface area contributed by atoms with Crippen molar-refractivity contribution in [2.75, 3.05) is 11.5 Å². The Morgan fingerprint density at radius 1 is 0.808 bits per heavy atom. The molecule has 0 aliphatic rings. The van der Waals surface area contributed by atoms with E-state index in [1.54, 1.807) is 12.1 Å². The normalized spacial score (nSPS) is 11.5. The second-order valence-corrected chi connectivity index (χ2v) is 6.30. The zero-order valence-corrected chi connectivity index (χ0v) is 15.2. The maximum absolute atomic E-state index is 6.13. The van der Waals surface area contributed by atoms with Gasteiger partial charge in [-0.2, -0.15) is 4.98 Å². The van der Waals surface area contributed by atoms with Gasteiger partial charge in [0.15, 0.2) is 0 Å². The fraction of sp³-hybridized carbons (Fsp3) is 0. The Morgan fingerprint density at radius 2 is 1.54 bits per heavy atom. The summed E-state index contributed by atoms with van der Waals surface area (Å²) in [7, 11) is 0. The lowest BCUT2D eigenvalue weighted by Crippen LogP contribution is -2.04. The highest BCUT2D eigenvalue weighted by atomic mass is 35.5. The van der Waals surface area contributed by atoms with Crippen LogP contribution < -0.4 is 11.5 Å². The van der Waals surface area contributed by atoms with Gasteiger partial charge in [-0.3, -0.25) is 0 Å². The summed E-state index contributed by atoms with van der Waals surface area (Å²) in [6.07, 6.45) is 7.60. The average Bonchev–Trinajstić information content (AvgIpc) is 2.62. The van der Waals surface area contributed by atoms with Gasteiger partial charge in [0.25, 0.3) is 0 Å². The van der Waals surface area contributed by atoms with E-state index in [2.05, 4.69) is 9.97 Å². The molecular formula is C20H16Cl2N4. The number of allylic oxidation sites excluding steroid dienone is 2. The number of rotatable bonds is 4. The lowest BCUT2D eigenvalue weighted by molar-refractivity contribution is 1.18. The minimum atomic E-state index is 0.109. The summed E-state index contributed by atoms with van der Waals surface area (Å²) in [6.45, 7) is 0. The van der Waals surface area contributed by atoms with Crippen LogP contribution in [0.2, 0.25) is 10.0 Å². The molecule has 0 atom stereocenters. The Balaban J connectivity index is 1.97. The number of anilines is 2. The van der Waals surface area contributed by atoms with Crippen LogP contribution >= 0.6 is 23.2 Å². The molecule has 6 heteroatoms. The van der Waals surface area contributed by atoms with Gasteiger partial charge in [0.1, 0.15) is 5.82 Å². The Labute approximate surface area is 161 Å². The third kappa shape index (κ3) is 4.23. The van der Waals surface area contributed by atoms with E-state index in [1.807, 2.05) is 60.7 Å². The van der Waals surface area contributed by atoms with Crippen LogP contribution in [0.1, 0.15) is 11.3 Å². The Kier molecular flexibility index (Phi) is 5.56. The first-order valence-corrected chi connectivity index (χ1v) is 8.58. The molecule has 0 saturated carbocycles. The van der Waals surface area contributed by atoms with Crippen molar-refractivity contribution in [3.63, 3.8) is 0 Å². The van der Waals surface area contributed by atoms with Crippen molar-refractivity contribution < 1.29 is 0 Å². The van der Waals surface area contributed by atoms with Gasteiger partial charge in [-0.05, 0) is 29.3 Å². The van der Waals surface area contributed by atoms with Gasteiger partial charge in [-0.15, -0.1) is 0 Å². The van der Waals surface area contributed by atoms with Gasteiger partial charge in [0.05, 0.1) is 15.7 Å². The Morgan fingerprint density at radius 3 is 2.27 bits per heavy atom. The minimum Gasteiger partial charge on any atom is -0.383 e. The third-order valence-corrected chi connectivity index (χ3v) is 4.38. The molecule has 4 N–H and O–H groups in total. The molecule has 1 heterocycles. The van der Waals surface area contributed by atoms with Crippen LogP contribution in [0.15, 0.2) is 60.7 Å². The summed E-state index contributed by atoms with van der Waals surface area (Å²) in [5.41, 5.74) is 15.0. The summed E-state index contributed by atoms with van der Waals surface area (Å²) < 4.78 is 0. The molecule has 1 aromatic heterocycles. The van der Waals surface area contributed by atoms with E-state index in [-0.39, 0.29) is 11.8 Å². The number of nitrogens with zero attached hydrogens (tertiary/aromatic N) is 2. The summed E-state index contributed by atoms with van der Waals surface area (Å²) in [6, 6.07) is 15.2. The molecule has 0 fully saturated rings. The van der Waals surface area contributed by atoms with E-state index in [0.29, 0.717) is 21.3 Å². The first-order valence-electron chi connectivity index (χ1n) is 7.83. The molecule has 0 amide bonds. The molecule has 130 valence electrons. The predicted octanol–water partition coefficient (Wildman–Crippen LogP) is 5.34. The first-order chi connectivity index (χ1) is 12.5. The largest absolute Gasteiger partial charge is 0.383 e. The van der Waals surface area contributed by atoms with Gasteiger partial charge in [-0.1, -0.05) is 77.8 Å². The number of nitrogen functional groups attached to an aromatic ring is 2. The second kappa shape index (κ2) is 8.04. The van der Waals surface area contributed by atoms with Crippen LogP contribution in [0.4, 0.5) is 11.8 Å². The fourth-order valence-corrected chi connectivity index (χ4v) is 2.76. The van der Waals surface area contributed by atoms with E-state index in [0.717, 1.165) is 11.1 Å². The lowest BCUT2D eigenvalue weighted by atomic mass is 10.0. The molecule has 0 saturated heterocycles. The highest BCUT2D eigenvalue weighted by molar-refractivity contribution is 6.42. The number of aromatic nitrogens is 2. The van der Waals surface area contributed by atoms with Crippen molar-refractivity contribution in [1.29, 1.82) is 0 Å². The van der Waals surface area contributed by atoms with E-state index >= 15 is 0 Å². The van der Waals surface area contributed by atoms with Gasteiger partial charge < -0.3 is 11.5 Å². The summed E-state index contributed by atoms with van der Waals surface area (Å²) in [4.78, 5) is 8.35. The van der Waals surface area contributed by atoms with Crippen molar-refractivity contribution in [2.45, 2.75) is 0 Å². The molecule has 2 aromatic carbocycles. The standard InChI is InChI=1S/C20H16Cl2N4/c21-15-11-10-14(12-16(15)22)18-17(25-20(24)26-19(18)23)9-5-4-8-13-6-2-1-3-7-13/h1-12H,(H4,23,24,25,26)/b8-4+,9-5+. The van der Waals surface area contributed by atoms with Crippen LogP contribution in [-0.2, 0) is 0 Å². The molecule has 3 rings (SSSR count). The van der Waals surface area contributed by atoms with Crippen molar-refractivity contribution in [2.24, 2.45) is 0 Å². The van der Waals surface area contributed by atoms with E-state index in [9.17, 15) is 0 Å². The number of nitrogens with two attached hydrogens (primary N) is 2. The molecule has 26 heavy (non-hydrogen) atoms. The van der Waals surface area contributed by atoms with E-state index in [1.165, 1.54) is 0 Å². The quantitative estimate of drug-likeness (QED) is 0.596. The molecule has 0 unspecified atom stereocenters. The zero-order chi connectivity index (χ0) is 18.5. The SMILES string of the molecule is Nc1nc(N)c(-c2ccc(Cl)c(Cl)c2)c(/C=C/C=C/c2ccccc2)n1. The van der Waals surface area contributed by atoms with E-state index in [4.69, 9.17) is 34.7 Å². The summed E-state index contributed by atoms with van der Waals surface area (Å²) in [5, 5.41) is 0.896. The highest BCUT2D eigenvalue weighted by Crippen LogP contribution is 2.33. The molecule has 3 aromatic rings. The molecule has 0 aliphatic heterocycles. The molecular weight excluding hydrogens is 367 g/mol. The smallest absolute Gasteiger partial charge is 0.222 e. The van der Waals surface area contributed by atoms with Crippen LogP contribution in [-0.4, -0.2) is 9.97 Å². The maximum atomic E-state index is 6.13.